The minimum absolute atomic E-state index is 0.0194. The second-order valence-electron chi connectivity index (χ2n) is 4.51. The van der Waals surface area contributed by atoms with Crippen LogP contribution in [0.25, 0.3) is 6.08 Å². The monoisotopic (exact) mass is 309 g/mol. The summed E-state index contributed by atoms with van der Waals surface area (Å²) in [7, 11) is 0. The van der Waals surface area contributed by atoms with Gasteiger partial charge in [0.05, 0.1) is 0 Å². The molecule has 1 aromatic carbocycles. The zero-order valence-corrected chi connectivity index (χ0v) is 11.6. The van der Waals surface area contributed by atoms with Gasteiger partial charge in [-0.2, -0.15) is 0 Å². The minimum atomic E-state index is 0.0194. The van der Waals surface area contributed by atoms with Gasteiger partial charge in [-0.3, -0.25) is 4.79 Å². The second-order valence-corrected chi connectivity index (χ2v) is 5.43. The van der Waals surface area contributed by atoms with Gasteiger partial charge < -0.3 is 10.0 Å². The largest absolute Gasteiger partial charge is 0.396 e. The van der Waals surface area contributed by atoms with E-state index in [1.807, 2.05) is 30.3 Å². The second kappa shape index (κ2) is 6.16. The molecule has 1 saturated heterocycles. The van der Waals surface area contributed by atoms with Crippen molar-refractivity contribution >= 4 is 27.9 Å². The SMILES string of the molecule is O=C(C=Cc1cccc(Br)c1)N1CCC(CO)C1. The van der Waals surface area contributed by atoms with Crippen LogP contribution in [-0.2, 0) is 4.79 Å². The molecule has 1 N–H and O–H groups in total. The summed E-state index contributed by atoms with van der Waals surface area (Å²) in [5.74, 6) is 0.263. The Kier molecular flexibility index (Phi) is 4.55. The van der Waals surface area contributed by atoms with Crippen molar-refractivity contribution in [2.75, 3.05) is 19.7 Å². The molecule has 0 bridgehead atoms. The number of likely N-dealkylation sites (tertiary alicyclic amines) is 1. The van der Waals surface area contributed by atoms with E-state index in [1.165, 1.54) is 0 Å². The Balaban J connectivity index is 1.95. The van der Waals surface area contributed by atoms with Gasteiger partial charge in [0.25, 0.3) is 0 Å². The number of benzene rings is 1. The molecule has 1 aromatic rings. The first-order valence-corrected chi connectivity index (χ1v) is 6.82. The predicted octanol–water partition coefficient (Wildman–Crippen LogP) is 2.30. The van der Waals surface area contributed by atoms with Crippen molar-refractivity contribution in [3.8, 4) is 0 Å². The van der Waals surface area contributed by atoms with Crippen LogP contribution in [0.1, 0.15) is 12.0 Å². The zero-order chi connectivity index (χ0) is 13.0. The highest BCUT2D eigenvalue weighted by Crippen LogP contribution is 2.16. The lowest BCUT2D eigenvalue weighted by atomic mass is 10.1. The van der Waals surface area contributed by atoms with Gasteiger partial charge in [-0.05, 0) is 30.2 Å². The summed E-state index contributed by atoms with van der Waals surface area (Å²) < 4.78 is 0.999. The van der Waals surface area contributed by atoms with E-state index >= 15 is 0 Å². The van der Waals surface area contributed by atoms with E-state index in [0.717, 1.165) is 23.0 Å². The van der Waals surface area contributed by atoms with Gasteiger partial charge in [0, 0.05) is 36.2 Å². The highest BCUT2D eigenvalue weighted by molar-refractivity contribution is 9.10. The number of nitrogens with zero attached hydrogens (tertiary/aromatic N) is 1. The van der Waals surface area contributed by atoms with Gasteiger partial charge in [-0.25, -0.2) is 0 Å². The third kappa shape index (κ3) is 3.43. The van der Waals surface area contributed by atoms with E-state index in [4.69, 9.17) is 5.11 Å². The van der Waals surface area contributed by atoms with E-state index in [1.54, 1.807) is 11.0 Å². The fraction of sp³-hybridized carbons (Fsp3) is 0.357. The van der Waals surface area contributed by atoms with E-state index in [0.29, 0.717) is 6.54 Å². The molecule has 4 heteroatoms. The summed E-state index contributed by atoms with van der Waals surface area (Å²) in [6.07, 6.45) is 4.31. The van der Waals surface area contributed by atoms with E-state index in [-0.39, 0.29) is 18.4 Å². The van der Waals surface area contributed by atoms with E-state index < -0.39 is 0 Å². The Labute approximate surface area is 115 Å². The van der Waals surface area contributed by atoms with Crippen molar-refractivity contribution in [2.24, 2.45) is 5.92 Å². The number of hydrogen-bond acceptors (Lipinski definition) is 2. The number of carbonyl (C=O) groups is 1. The van der Waals surface area contributed by atoms with Crippen LogP contribution < -0.4 is 0 Å². The molecule has 96 valence electrons. The number of rotatable bonds is 3. The molecule has 2 rings (SSSR count). The number of hydrogen-bond donors (Lipinski definition) is 1. The summed E-state index contributed by atoms with van der Waals surface area (Å²) in [6.45, 7) is 1.57. The molecule has 1 aliphatic heterocycles. The molecule has 1 atom stereocenters. The van der Waals surface area contributed by atoms with Gasteiger partial charge in [0.2, 0.25) is 5.91 Å². The summed E-state index contributed by atoms with van der Waals surface area (Å²) in [5, 5.41) is 9.04. The van der Waals surface area contributed by atoms with Gasteiger partial charge >= 0.3 is 0 Å². The van der Waals surface area contributed by atoms with Crippen LogP contribution in [0, 0.1) is 5.92 Å². The number of carbonyl (C=O) groups excluding carboxylic acids is 1. The Bertz CT molecular complexity index is 459. The van der Waals surface area contributed by atoms with Crippen LogP contribution in [0.3, 0.4) is 0 Å². The highest BCUT2D eigenvalue weighted by Gasteiger charge is 2.23. The quantitative estimate of drug-likeness (QED) is 0.870. The van der Waals surface area contributed by atoms with Crippen molar-refractivity contribution < 1.29 is 9.90 Å². The summed E-state index contributed by atoms with van der Waals surface area (Å²) in [5.41, 5.74) is 0.996. The van der Waals surface area contributed by atoms with Gasteiger partial charge in [-0.1, -0.05) is 28.1 Å². The lowest BCUT2D eigenvalue weighted by Crippen LogP contribution is -2.27. The molecule has 0 aliphatic carbocycles. The van der Waals surface area contributed by atoms with Crippen molar-refractivity contribution in [1.29, 1.82) is 0 Å². The van der Waals surface area contributed by atoms with Gasteiger partial charge in [0.15, 0.2) is 0 Å². The van der Waals surface area contributed by atoms with E-state index in [9.17, 15) is 4.79 Å². The molecular weight excluding hydrogens is 294 g/mol. The standard InChI is InChI=1S/C14H16BrNO2/c15-13-3-1-2-11(8-13)4-5-14(18)16-7-6-12(9-16)10-17/h1-5,8,12,17H,6-7,9-10H2. The summed E-state index contributed by atoms with van der Waals surface area (Å²) >= 11 is 3.40. The maximum Gasteiger partial charge on any atom is 0.246 e. The average molecular weight is 310 g/mol. The number of aliphatic hydroxyl groups excluding tert-OH is 1. The lowest BCUT2D eigenvalue weighted by molar-refractivity contribution is -0.125. The third-order valence-corrected chi connectivity index (χ3v) is 3.62. The Morgan fingerprint density at radius 2 is 2.39 bits per heavy atom. The molecule has 1 fully saturated rings. The normalized spacial score (nSPS) is 19.7. The third-order valence-electron chi connectivity index (χ3n) is 3.12. The first-order chi connectivity index (χ1) is 8.69. The molecule has 1 amide bonds. The van der Waals surface area contributed by atoms with Crippen LogP contribution in [0.2, 0.25) is 0 Å². The van der Waals surface area contributed by atoms with Gasteiger partial charge in [0.1, 0.15) is 0 Å². The van der Waals surface area contributed by atoms with Crippen LogP contribution in [0.5, 0.6) is 0 Å². The molecular formula is C14H16BrNO2. The number of aliphatic hydroxyl groups is 1. The first kappa shape index (κ1) is 13.3. The van der Waals surface area contributed by atoms with Crippen molar-refractivity contribution in [3.05, 3.63) is 40.4 Å². The number of amides is 1. The molecule has 0 radical (unpaired) electrons. The van der Waals surface area contributed by atoms with Crippen LogP contribution in [0.15, 0.2) is 34.8 Å². The predicted molar refractivity (Wildman–Crippen MR) is 74.9 cm³/mol. The smallest absolute Gasteiger partial charge is 0.246 e. The molecule has 0 aromatic heterocycles. The molecule has 3 nitrogen and oxygen atoms in total. The highest BCUT2D eigenvalue weighted by atomic mass is 79.9. The molecule has 1 heterocycles. The zero-order valence-electron chi connectivity index (χ0n) is 10.1. The fourth-order valence-electron chi connectivity index (χ4n) is 2.07. The Morgan fingerprint density at radius 1 is 1.56 bits per heavy atom. The Hall–Kier alpha value is -1.13. The Morgan fingerprint density at radius 3 is 3.06 bits per heavy atom. The van der Waals surface area contributed by atoms with E-state index in [2.05, 4.69) is 15.9 Å². The fourth-order valence-corrected chi connectivity index (χ4v) is 2.48. The molecule has 1 unspecified atom stereocenters. The van der Waals surface area contributed by atoms with Crippen LogP contribution in [0.4, 0.5) is 0 Å². The van der Waals surface area contributed by atoms with Crippen molar-refractivity contribution in [2.45, 2.75) is 6.42 Å². The first-order valence-electron chi connectivity index (χ1n) is 6.02. The number of halogens is 1. The minimum Gasteiger partial charge on any atom is -0.396 e. The van der Waals surface area contributed by atoms with Crippen molar-refractivity contribution in [1.82, 2.24) is 4.90 Å². The maximum absolute atomic E-state index is 11.9. The molecule has 18 heavy (non-hydrogen) atoms. The van der Waals surface area contributed by atoms with Crippen LogP contribution in [-0.4, -0.2) is 35.6 Å². The average Bonchev–Trinajstić information content (AvgIpc) is 2.85. The van der Waals surface area contributed by atoms with Gasteiger partial charge in [-0.15, -0.1) is 0 Å². The molecule has 1 aliphatic rings. The summed E-state index contributed by atoms with van der Waals surface area (Å²) in [4.78, 5) is 13.7. The topological polar surface area (TPSA) is 40.5 Å². The molecule has 0 spiro atoms. The maximum atomic E-state index is 11.9. The lowest BCUT2D eigenvalue weighted by Gasteiger charge is -2.13. The molecule has 0 saturated carbocycles. The summed E-state index contributed by atoms with van der Waals surface area (Å²) in [6, 6.07) is 7.80. The van der Waals surface area contributed by atoms with Crippen molar-refractivity contribution in [3.63, 3.8) is 0 Å². The van der Waals surface area contributed by atoms with Crippen LogP contribution >= 0.6 is 15.9 Å².